The molecule has 0 saturated carbocycles. The van der Waals surface area contributed by atoms with E-state index in [0.29, 0.717) is 0 Å². The van der Waals surface area contributed by atoms with Crippen molar-refractivity contribution in [3.63, 3.8) is 0 Å². The second-order valence-corrected chi connectivity index (χ2v) is 3.82. The van der Waals surface area contributed by atoms with Crippen LogP contribution < -0.4 is 0 Å². The average molecular weight is 279 g/mol. The first-order valence-electron chi connectivity index (χ1n) is 4.41. The molecule has 1 rings (SSSR count). The van der Waals surface area contributed by atoms with Crippen LogP contribution in [0.3, 0.4) is 0 Å². The standard InChI is InChI=1S/C10H12BrFO3/c11-4-9(14)10(15)6-1-2-7(5-13)8(12)3-6/h1-3,9-10,13-15H,4-5H2. The molecule has 0 aromatic heterocycles. The lowest BCUT2D eigenvalue weighted by Crippen LogP contribution is -2.19. The fourth-order valence-corrected chi connectivity index (χ4v) is 1.54. The highest BCUT2D eigenvalue weighted by Gasteiger charge is 2.18. The largest absolute Gasteiger partial charge is 0.392 e. The monoisotopic (exact) mass is 278 g/mol. The number of hydrogen-bond donors (Lipinski definition) is 3. The molecule has 2 unspecified atom stereocenters. The molecule has 0 saturated heterocycles. The molecule has 84 valence electrons. The van der Waals surface area contributed by atoms with Gasteiger partial charge in [-0.25, -0.2) is 4.39 Å². The summed E-state index contributed by atoms with van der Waals surface area (Å²) in [5.74, 6) is -0.587. The Bertz CT molecular complexity index is 332. The van der Waals surface area contributed by atoms with E-state index in [1.54, 1.807) is 0 Å². The van der Waals surface area contributed by atoms with Crippen LogP contribution in [0.25, 0.3) is 0 Å². The third kappa shape index (κ3) is 2.98. The van der Waals surface area contributed by atoms with Gasteiger partial charge in [-0.3, -0.25) is 0 Å². The van der Waals surface area contributed by atoms with Gasteiger partial charge < -0.3 is 15.3 Å². The second kappa shape index (κ2) is 5.55. The molecule has 3 N–H and O–H groups in total. The Labute approximate surface area is 95.3 Å². The molecule has 0 spiro atoms. The Morgan fingerprint density at radius 2 is 2.00 bits per heavy atom. The van der Waals surface area contributed by atoms with Crippen molar-refractivity contribution in [3.05, 3.63) is 35.1 Å². The van der Waals surface area contributed by atoms with Crippen molar-refractivity contribution in [2.24, 2.45) is 0 Å². The molecule has 1 aromatic carbocycles. The summed E-state index contributed by atoms with van der Waals surface area (Å²) in [6.07, 6.45) is -2.11. The van der Waals surface area contributed by atoms with E-state index >= 15 is 0 Å². The third-order valence-corrected chi connectivity index (χ3v) is 2.77. The molecular weight excluding hydrogens is 267 g/mol. The van der Waals surface area contributed by atoms with E-state index in [1.165, 1.54) is 12.1 Å². The van der Waals surface area contributed by atoms with E-state index in [2.05, 4.69) is 15.9 Å². The summed E-state index contributed by atoms with van der Waals surface area (Å²) >= 11 is 3.02. The summed E-state index contributed by atoms with van der Waals surface area (Å²) in [5.41, 5.74) is 0.455. The highest BCUT2D eigenvalue weighted by Crippen LogP contribution is 2.20. The first-order chi connectivity index (χ1) is 7.10. The van der Waals surface area contributed by atoms with Crippen LogP contribution in [0.2, 0.25) is 0 Å². The normalized spacial score (nSPS) is 15.0. The minimum atomic E-state index is -1.13. The highest BCUT2D eigenvalue weighted by molar-refractivity contribution is 9.09. The maximum Gasteiger partial charge on any atom is 0.129 e. The smallest absolute Gasteiger partial charge is 0.129 e. The summed E-state index contributed by atoms with van der Waals surface area (Å²) in [4.78, 5) is 0. The van der Waals surface area contributed by atoms with Gasteiger partial charge in [0.2, 0.25) is 0 Å². The van der Waals surface area contributed by atoms with E-state index in [1.807, 2.05) is 0 Å². The van der Waals surface area contributed by atoms with Crippen LogP contribution in [0.15, 0.2) is 18.2 Å². The first kappa shape index (κ1) is 12.6. The molecule has 0 amide bonds. The Balaban J connectivity index is 2.92. The summed E-state index contributed by atoms with van der Waals surface area (Å²) in [7, 11) is 0. The number of hydrogen-bond acceptors (Lipinski definition) is 3. The topological polar surface area (TPSA) is 60.7 Å². The van der Waals surface area contributed by atoms with Crippen LogP contribution >= 0.6 is 15.9 Å². The van der Waals surface area contributed by atoms with Gasteiger partial charge in [0, 0.05) is 10.9 Å². The SMILES string of the molecule is OCc1ccc(C(O)C(O)CBr)cc1F. The van der Waals surface area contributed by atoms with Crippen molar-refractivity contribution in [1.29, 1.82) is 0 Å². The van der Waals surface area contributed by atoms with Gasteiger partial charge in [-0.1, -0.05) is 28.1 Å². The zero-order valence-corrected chi connectivity index (χ0v) is 9.48. The summed E-state index contributed by atoms with van der Waals surface area (Å²) in [5, 5.41) is 27.8. The van der Waals surface area contributed by atoms with Gasteiger partial charge in [-0.2, -0.15) is 0 Å². The number of alkyl halides is 1. The van der Waals surface area contributed by atoms with Crippen LogP contribution in [-0.2, 0) is 6.61 Å². The van der Waals surface area contributed by atoms with Crippen LogP contribution in [-0.4, -0.2) is 26.8 Å². The number of halogens is 2. The summed E-state index contributed by atoms with van der Waals surface area (Å²) in [6.45, 7) is -0.386. The van der Waals surface area contributed by atoms with Gasteiger partial charge >= 0.3 is 0 Å². The van der Waals surface area contributed by atoms with Crippen LogP contribution in [0.5, 0.6) is 0 Å². The molecule has 0 heterocycles. The van der Waals surface area contributed by atoms with Gasteiger partial charge in [-0.15, -0.1) is 0 Å². The van der Waals surface area contributed by atoms with Crippen LogP contribution in [0.1, 0.15) is 17.2 Å². The predicted octanol–water partition coefficient (Wildman–Crippen LogP) is 1.11. The second-order valence-electron chi connectivity index (χ2n) is 3.18. The fraction of sp³-hybridized carbons (Fsp3) is 0.400. The maximum atomic E-state index is 13.2. The zero-order valence-electron chi connectivity index (χ0n) is 7.90. The maximum absolute atomic E-state index is 13.2. The van der Waals surface area contributed by atoms with Crippen molar-refractivity contribution in [2.75, 3.05) is 5.33 Å². The average Bonchev–Trinajstić information content (AvgIpc) is 2.26. The third-order valence-electron chi connectivity index (χ3n) is 2.11. The number of aliphatic hydroxyl groups is 3. The molecule has 3 nitrogen and oxygen atoms in total. The van der Waals surface area contributed by atoms with Gasteiger partial charge in [-0.05, 0) is 11.6 Å². The molecule has 0 fully saturated rings. The molecule has 0 aliphatic carbocycles. The van der Waals surface area contributed by atoms with Crippen LogP contribution in [0, 0.1) is 5.82 Å². The quantitative estimate of drug-likeness (QED) is 0.723. The molecule has 1 aromatic rings. The minimum Gasteiger partial charge on any atom is -0.392 e. The Morgan fingerprint density at radius 3 is 2.47 bits per heavy atom. The van der Waals surface area contributed by atoms with E-state index in [0.717, 1.165) is 6.07 Å². The lowest BCUT2D eigenvalue weighted by atomic mass is 10.0. The fourth-order valence-electron chi connectivity index (χ4n) is 1.18. The minimum absolute atomic E-state index is 0.166. The van der Waals surface area contributed by atoms with Gasteiger partial charge in [0.05, 0.1) is 12.7 Å². The van der Waals surface area contributed by atoms with Crippen molar-refractivity contribution < 1.29 is 19.7 Å². The van der Waals surface area contributed by atoms with Crippen molar-refractivity contribution in [3.8, 4) is 0 Å². The highest BCUT2D eigenvalue weighted by atomic mass is 79.9. The predicted molar refractivity (Wildman–Crippen MR) is 57.1 cm³/mol. The lowest BCUT2D eigenvalue weighted by molar-refractivity contribution is 0.0340. The van der Waals surface area contributed by atoms with E-state index in [9.17, 15) is 14.6 Å². The Morgan fingerprint density at radius 1 is 1.33 bits per heavy atom. The molecular formula is C10H12BrFO3. The van der Waals surface area contributed by atoms with Crippen molar-refractivity contribution in [2.45, 2.75) is 18.8 Å². The molecule has 0 aliphatic heterocycles. The number of benzene rings is 1. The van der Waals surface area contributed by atoms with Crippen molar-refractivity contribution >= 4 is 15.9 Å². The van der Waals surface area contributed by atoms with E-state index in [4.69, 9.17) is 5.11 Å². The summed E-state index contributed by atoms with van der Waals surface area (Å²) in [6, 6.07) is 3.97. The van der Waals surface area contributed by atoms with E-state index in [-0.39, 0.29) is 23.1 Å². The van der Waals surface area contributed by atoms with Gasteiger partial charge in [0.25, 0.3) is 0 Å². The molecule has 0 bridgehead atoms. The molecule has 2 atom stereocenters. The molecule has 0 radical (unpaired) electrons. The van der Waals surface area contributed by atoms with Crippen molar-refractivity contribution in [1.82, 2.24) is 0 Å². The molecule has 5 heteroatoms. The number of rotatable bonds is 4. The lowest BCUT2D eigenvalue weighted by Gasteiger charge is -2.16. The zero-order chi connectivity index (χ0) is 11.4. The van der Waals surface area contributed by atoms with Gasteiger partial charge in [0.15, 0.2) is 0 Å². The molecule has 15 heavy (non-hydrogen) atoms. The molecule has 0 aliphatic rings. The first-order valence-corrected chi connectivity index (χ1v) is 5.53. The number of aliphatic hydroxyl groups excluding tert-OH is 3. The summed E-state index contributed by atoms with van der Waals surface area (Å²) < 4.78 is 13.2. The Kier molecular flexibility index (Phi) is 4.66. The Hall–Kier alpha value is -0.490. The van der Waals surface area contributed by atoms with Crippen LogP contribution in [0.4, 0.5) is 4.39 Å². The van der Waals surface area contributed by atoms with Gasteiger partial charge in [0.1, 0.15) is 11.9 Å². The van der Waals surface area contributed by atoms with E-state index < -0.39 is 18.0 Å².